The average molecular weight is 343 g/mol. The predicted octanol–water partition coefficient (Wildman–Crippen LogP) is 4.21. The number of amidine groups is 1. The molecule has 0 saturated heterocycles. The molecule has 1 aliphatic carbocycles. The second-order valence-corrected chi connectivity index (χ2v) is 7.40. The number of hydrogen-bond acceptors (Lipinski definition) is 3. The number of halogens is 1. The topological polar surface area (TPSA) is 58.6 Å². The number of benzene rings is 1. The third-order valence-electron chi connectivity index (χ3n) is 3.51. The maximum absolute atomic E-state index is 8.87. The molecule has 0 aromatic heterocycles. The Labute approximate surface area is 126 Å². The number of nitrogens with two attached hydrogens (primary N) is 1. The van der Waals surface area contributed by atoms with Gasteiger partial charge in [0.05, 0.1) is 0 Å². The minimum absolute atomic E-state index is 0.179. The third-order valence-corrected chi connectivity index (χ3v) is 5.36. The molecule has 104 valence electrons. The van der Waals surface area contributed by atoms with E-state index in [4.69, 9.17) is 10.9 Å². The lowest BCUT2D eigenvalue weighted by Crippen LogP contribution is -2.17. The van der Waals surface area contributed by atoms with Gasteiger partial charge in [-0.1, -0.05) is 40.9 Å². The maximum Gasteiger partial charge on any atom is 0.171 e. The Balaban J connectivity index is 2.20. The lowest BCUT2D eigenvalue weighted by atomic mass is 9.91. The first-order valence-electron chi connectivity index (χ1n) is 6.54. The van der Waals surface area contributed by atoms with Crippen LogP contribution in [-0.2, 0) is 0 Å². The summed E-state index contributed by atoms with van der Waals surface area (Å²) in [6.07, 6.45) is 5.12. The molecule has 0 heterocycles. The van der Waals surface area contributed by atoms with Crippen molar-refractivity contribution in [1.82, 2.24) is 0 Å². The Morgan fingerprint density at radius 1 is 1.47 bits per heavy atom. The van der Waals surface area contributed by atoms with E-state index >= 15 is 0 Å². The molecular weight excluding hydrogens is 324 g/mol. The van der Waals surface area contributed by atoms with Crippen LogP contribution in [-0.4, -0.2) is 16.3 Å². The zero-order chi connectivity index (χ0) is 13.8. The van der Waals surface area contributed by atoms with Crippen LogP contribution in [0.1, 0.15) is 38.2 Å². The molecule has 1 fully saturated rings. The smallest absolute Gasteiger partial charge is 0.171 e. The molecule has 2 unspecified atom stereocenters. The number of nitrogens with zero attached hydrogens (tertiary/aromatic N) is 1. The third kappa shape index (κ3) is 3.89. The maximum atomic E-state index is 8.87. The van der Waals surface area contributed by atoms with Crippen molar-refractivity contribution < 1.29 is 5.21 Å². The first-order chi connectivity index (χ1) is 9.10. The minimum Gasteiger partial charge on any atom is -0.409 e. The van der Waals surface area contributed by atoms with E-state index in [2.05, 4.69) is 34.1 Å². The van der Waals surface area contributed by atoms with Crippen LogP contribution in [0.4, 0.5) is 0 Å². The standard InChI is InChI=1S/C14H19BrN2OS/c1-9-3-2-4-11(7-9)19-13-8-10(15)5-6-12(13)14(16)17-18/h5-6,8-9,11,18H,2-4,7H2,1H3,(H2,16,17). The van der Waals surface area contributed by atoms with Gasteiger partial charge in [-0.15, -0.1) is 11.8 Å². The van der Waals surface area contributed by atoms with Crippen molar-refractivity contribution in [3.05, 3.63) is 28.2 Å². The predicted molar refractivity (Wildman–Crippen MR) is 83.9 cm³/mol. The fourth-order valence-corrected chi connectivity index (χ4v) is 4.60. The molecule has 1 saturated carbocycles. The summed E-state index contributed by atoms with van der Waals surface area (Å²) in [5.74, 6) is 0.976. The Morgan fingerprint density at radius 2 is 2.26 bits per heavy atom. The minimum atomic E-state index is 0.179. The number of rotatable bonds is 3. The van der Waals surface area contributed by atoms with Crippen LogP contribution in [0.3, 0.4) is 0 Å². The molecule has 0 radical (unpaired) electrons. The van der Waals surface area contributed by atoms with Crippen LogP contribution < -0.4 is 5.73 Å². The number of oxime groups is 1. The van der Waals surface area contributed by atoms with Crippen LogP contribution in [0.25, 0.3) is 0 Å². The van der Waals surface area contributed by atoms with Crippen molar-refractivity contribution >= 4 is 33.5 Å². The van der Waals surface area contributed by atoms with E-state index in [-0.39, 0.29) is 5.84 Å². The summed E-state index contributed by atoms with van der Waals surface area (Å²) in [6.45, 7) is 2.32. The van der Waals surface area contributed by atoms with Gasteiger partial charge in [0, 0.05) is 20.2 Å². The number of thioether (sulfide) groups is 1. The van der Waals surface area contributed by atoms with E-state index in [1.165, 1.54) is 25.7 Å². The second-order valence-electron chi connectivity index (χ2n) is 5.14. The van der Waals surface area contributed by atoms with Gasteiger partial charge in [0.2, 0.25) is 0 Å². The van der Waals surface area contributed by atoms with Crippen molar-refractivity contribution in [2.24, 2.45) is 16.8 Å². The van der Waals surface area contributed by atoms with E-state index in [1.54, 1.807) is 0 Å². The molecule has 3 nitrogen and oxygen atoms in total. The van der Waals surface area contributed by atoms with E-state index in [9.17, 15) is 0 Å². The van der Waals surface area contributed by atoms with Crippen LogP contribution in [0, 0.1) is 5.92 Å². The van der Waals surface area contributed by atoms with E-state index in [0.29, 0.717) is 5.25 Å². The summed E-state index contributed by atoms with van der Waals surface area (Å²) in [5, 5.41) is 12.6. The van der Waals surface area contributed by atoms with Crippen molar-refractivity contribution in [3.63, 3.8) is 0 Å². The van der Waals surface area contributed by atoms with Crippen LogP contribution in [0.15, 0.2) is 32.7 Å². The molecule has 1 aromatic rings. The van der Waals surface area contributed by atoms with Gasteiger partial charge >= 0.3 is 0 Å². The van der Waals surface area contributed by atoms with Crippen molar-refractivity contribution in [3.8, 4) is 0 Å². The largest absolute Gasteiger partial charge is 0.409 e. The summed E-state index contributed by atoms with van der Waals surface area (Å²) >= 11 is 5.34. The van der Waals surface area contributed by atoms with Gasteiger partial charge in [-0.05, 0) is 37.0 Å². The van der Waals surface area contributed by atoms with E-state index in [1.807, 2.05) is 23.9 Å². The SMILES string of the molecule is CC1CCCC(Sc2cc(Br)ccc2/C(N)=N/O)C1. The highest BCUT2D eigenvalue weighted by atomic mass is 79.9. The van der Waals surface area contributed by atoms with Crippen LogP contribution in [0.2, 0.25) is 0 Å². The van der Waals surface area contributed by atoms with Crippen molar-refractivity contribution in [2.75, 3.05) is 0 Å². The molecule has 3 N–H and O–H groups in total. The monoisotopic (exact) mass is 342 g/mol. The molecule has 2 rings (SSSR count). The Bertz CT molecular complexity index is 479. The van der Waals surface area contributed by atoms with Crippen LogP contribution >= 0.6 is 27.7 Å². The van der Waals surface area contributed by atoms with Gasteiger partial charge in [0.15, 0.2) is 5.84 Å². The molecule has 19 heavy (non-hydrogen) atoms. The molecule has 0 bridgehead atoms. The second kappa shape index (κ2) is 6.66. The van der Waals surface area contributed by atoms with Gasteiger partial charge < -0.3 is 10.9 Å². The molecule has 0 spiro atoms. The van der Waals surface area contributed by atoms with Gasteiger partial charge in [-0.25, -0.2) is 0 Å². The fourth-order valence-electron chi connectivity index (χ4n) is 2.52. The Hall–Kier alpha value is -0.680. The van der Waals surface area contributed by atoms with Gasteiger partial charge in [-0.3, -0.25) is 0 Å². The number of hydrogen-bond donors (Lipinski definition) is 2. The van der Waals surface area contributed by atoms with E-state index < -0.39 is 0 Å². The van der Waals surface area contributed by atoms with Gasteiger partial charge in [0.25, 0.3) is 0 Å². The molecule has 1 aliphatic rings. The van der Waals surface area contributed by atoms with Gasteiger partial charge in [0.1, 0.15) is 0 Å². The summed E-state index contributed by atoms with van der Waals surface area (Å²) in [6, 6.07) is 5.87. The lowest BCUT2D eigenvalue weighted by Gasteiger charge is -2.26. The first-order valence-corrected chi connectivity index (χ1v) is 8.21. The quantitative estimate of drug-likeness (QED) is 0.374. The summed E-state index contributed by atoms with van der Waals surface area (Å²) in [5.41, 5.74) is 6.56. The summed E-state index contributed by atoms with van der Waals surface area (Å²) in [4.78, 5) is 1.09. The first kappa shape index (κ1) is 14.7. The Kier molecular flexibility index (Phi) is 5.16. The molecule has 2 atom stereocenters. The molecule has 1 aromatic carbocycles. The highest BCUT2D eigenvalue weighted by Crippen LogP contribution is 2.38. The summed E-state index contributed by atoms with van der Waals surface area (Å²) < 4.78 is 1.02. The molecule has 0 amide bonds. The highest BCUT2D eigenvalue weighted by molar-refractivity contribution is 9.10. The normalized spacial score (nSPS) is 24.4. The zero-order valence-corrected chi connectivity index (χ0v) is 13.4. The fraction of sp³-hybridized carbons (Fsp3) is 0.500. The molecular formula is C14H19BrN2OS. The lowest BCUT2D eigenvalue weighted by molar-refractivity contribution is 0.318. The summed E-state index contributed by atoms with van der Waals surface area (Å²) in [7, 11) is 0. The molecule has 0 aliphatic heterocycles. The van der Waals surface area contributed by atoms with E-state index in [0.717, 1.165) is 20.8 Å². The van der Waals surface area contributed by atoms with Crippen molar-refractivity contribution in [2.45, 2.75) is 42.8 Å². The molecule has 5 heteroatoms. The average Bonchev–Trinajstić information content (AvgIpc) is 2.38. The Morgan fingerprint density at radius 3 is 2.95 bits per heavy atom. The van der Waals surface area contributed by atoms with Crippen molar-refractivity contribution in [1.29, 1.82) is 0 Å². The highest BCUT2D eigenvalue weighted by Gasteiger charge is 2.21. The van der Waals surface area contributed by atoms with Crippen LogP contribution in [0.5, 0.6) is 0 Å². The zero-order valence-electron chi connectivity index (χ0n) is 11.0. The van der Waals surface area contributed by atoms with Gasteiger partial charge in [-0.2, -0.15) is 0 Å².